The van der Waals surface area contributed by atoms with Gasteiger partial charge in [-0.1, -0.05) is 25.0 Å². The van der Waals surface area contributed by atoms with E-state index in [2.05, 4.69) is 5.10 Å². The van der Waals surface area contributed by atoms with E-state index in [-0.39, 0.29) is 29.2 Å². The molecule has 1 heterocycles. The van der Waals surface area contributed by atoms with E-state index in [1.807, 2.05) is 13.8 Å². The molecule has 0 saturated heterocycles. The van der Waals surface area contributed by atoms with Crippen molar-refractivity contribution in [3.63, 3.8) is 0 Å². The molecule has 0 radical (unpaired) electrons. The molecule has 1 aromatic heterocycles. The SMILES string of the molecule is Cc1cc(=O)c(C(=O)N(C(C)C)C2CCCC2)nn1-c1ccccc1C(F)(F)F. The summed E-state index contributed by atoms with van der Waals surface area (Å²) in [7, 11) is 0. The molecule has 1 aliphatic carbocycles. The van der Waals surface area contributed by atoms with Crippen LogP contribution < -0.4 is 5.43 Å². The number of alkyl halides is 3. The number of aryl methyl sites for hydroxylation is 1. The molecule has 0 N–H and O–H groups in total. The van der Waals surface area contributed by atoms with Gasteiger partial charge >= 0.3 is 6.18 Å². The number of hydrogen-bond acceptors (Lipinski definition) is 3. The van der Waals surface area contributed by atoms with Gasteiger partial charge in [0, 0.05) is 23.8 Å². The lowest BCUT2D eigenvalue weighted by molar-refractivity contribution is -0.137. The first-order valence-corrected chi connectivity index (χ1v) is 9.71. The molecule has 1 amide bonds. The summed E-state index contributed by atoms with van der Waals surface area (Å²) in [5.41, 5.74) is -1.82. The Balaban J connectivity index is 2.12. The van der Waals surface area contributed by atoms with E-state index in [0.717, 1.165) is 36.4 Å². The van der Waals surface area contributed by atoms with Crippen LogP contribution in [0.25, 0.3) is 5.69 Å². The lowest BCUT2D eigenvalue weighted by Gasteiger charge is -2.32. The van der Waals surface area contributed by atoms with Crippen LogP contribution in [0.1, 0.15) is 61.3 Å². The Labute approximate surface area is 167 Å². The van der Waals surface area contributed by atoms with E-state index in [4.69, 9.17) is 0 Å². The molecule has 0 unspecified atom stereocenters. The summed E-state index contributed by atoms with van der Waals surface area (Å²) in [6, 6.07) is 6.01. The molecule has 29 heavy (non-hydrogen) atoms. The minimum Gasteiger partial charge on any atom is -0.332 e. The molecule has 2 aromatic rings. The summed E-state index contributed by atoms with van der Waals surface area (Å²) in [4.78, 5) is 27.4. The smallest absolute Gasteiger partial charge is 0.332 e. The predicted octanol–water partition coefficient (Wildman–Crippen LogP) is 4.35. The second-order valence-electron chi connectivity index (χ2n) is 7.67. The Kier molecular flexibility index (Phi) is 5.82. The Hall–Kier alpha value is -2.64. The Morgan fingerprint density at radius 1 is 1.21 bits per heavy atom. The third-order valence-corrected chi connectivity index (χ3v) is 5.26. The maximum absolute atomic E-state index is 13.5. The van der Waals surface area contributed by atoms with Crippen LogP contribution in [0, 0.1) is 6.92 Å². The van der Waals surface area contributed by atoms with Crippen molar-refractivity contribution in [3.8, 4) is 5.69 Å². The van der Waals surface area contributed by atoms with E-state index in [0.29, 0.717) is 0 Å². The summed E-state index contributed by atoms with van der Waals surface area (Å²) in [6.07, 6.45) is -0.884. The van der Waals surface area contributed by atoms with Crippen LogP contribution in [0.5, 0.6) is 0 Å². The van der Waals surface area contributed by atoms with Gasteiger partial charge in [0.05, 0.1) is 11.3 Å². The van der Waals surface area contributed by atoms with Gasteiger partial charge in [-0.2, -0.15) is 18.3 Å². The molecule has 0 aliphatic heterocycles. The van der Waals surface area contributed by atoms with Crippen molar-refractivity contribution in [1.29, 1.82) is 0 Å². The highest BCUT2D eigenvalue weighted by atomic mass is 19.4. The Morgan fingerprint density at radius 3 is 2.41 bits per heavy atom. The Bertz CT molecular complexity index is 960. The summed E-state index contributed by atoms with van der Waals surface area (Å²) >= 11 is 0. The van der Waals surface area contributed by atoms with E-state index in [1.165, 1.54) is 31.2 Å². The molecule has 156 valence electrons. The van der Waals surface area contributed by atoms with Crippen LogP contribution in [0.15, 0.2) is 35.1 Å². The van der Waals surface area contributed by atoms with E-state index >= 15 is 0 Å². The monoisotopic (exact) mass is 407 g/mol. The molecule has 5 nitrogen and oxygen atoms in total. The number of rotatable bonds is 4. The molecule has 0 spiro atoms. The van der Waals surface area contributed by atoms with Gasteiger partial charge in [0.1, 0.15) is 0 Å². The number of hydrogen-bond donors (Lipinski definition) is 0. The zero-order valence-corrected chi connectivity index (χ0v) is 16.7. The van der Waals surface area contributed by atoms with E-state index in [1.54, 1.807) is 4.90 Å². The minimum atomic E-state index is -4.59. The van der Waals surface area contributed by atoms with Crippen molar-refractivity contribution in [3.05, 3.63) is 57.5 Å². The lowest BCUT2D eigenvalue weighted by Crippen LogP contribution is -2.46. The quantitative estimate of drug-likeness (QED) is 0.757. The maximum Gasteiger partial charge on any atom is 0.418 e. The fourth-order valence-electron chi connectivity index (χ4n) is 3.96. The molecular formula is C21H24F3N3O2. The lowest BCUT2D eigenvalue weighted by atomic mass is 10.1. The summed E-state index contributed by atoms with van der Waals surface area (Å²) in [5.74, 6) is -0.532. The number of nitrogens with zero attached hydrogens (tertiary/aromatic N) is 3. The number of amides is 1. The van der Waals surface area contributed by atoms with E-state index in [9.17, 15) is 22.8 Å². The van der Waals surface area contributed by atoms with Crippen LogP contribution in [-0.2, 0) is 6.18 Å². The topological polar surface area (TPSA) is 55.2 Å². The highest BCUT2D eigenvalue weighted by Crippen LogP contribution is 2.33. The number of benzene rings is 1. The summed E-state index contributed by atoms with van der Waals surface area (Å²) in [5, 5.41) is 4.10. The Morgan fingerprint density at radius 2 is 1.83 bits per heavy atom. The third kappa shape index (κ3) is 4.21. The second-order valence-corrected chi connectivity index (χ2v) is 7.67. The molecule has 1 aromatic carbocycles. The van der Waals surface area contributed by atoms with Gasteiger partial charge in [0.25, 0.3) is 5.91 Å². The summed E-state index contributed by atoms with van der Waals surface area (Å²) in [6.45, 7) is 5.22. The van der Waals surface area contributed by atoms with Crippen molar-refractivity contribution in [1.82, 2.24) is 14.7 Å². The van der Waals surface area contributed by atoms with Crippen molar-refractivity contribution < 1.29 is 18.0 Å². The van der Waals surface area contributed by atoms with Gasteiger partial charge in [0.15, 0.2) is 5.69 Å². The largest absolute Gasteiger partial charge is 0.418 e. The van der Waals surface area contributed by atoms with Crippen molar-refractivity contribution in [2.45, 2.75) is 64.7 Å². The van der Waals surface area contributed by atoms with Crippen LogP contribution in [-0.4, -0.2) is 32.7 Å². The van der Waals surface area contributed by atoms with Gasteiger partial charge < -0.3 is 4.90 Å². The highest BCUT2D eigenvalue weighted by molar-refractivity contribution is 5.92. The summed E-state index contributed by atoms with van der Waals surface area (Å²) < 4.78 is 41.4. The number of halogens is 3. The van der Waals surface area contributed by atoms with Crippen LogP contribution in [0.3, 0.4) is 0 Å². The molecule has 0 atom stereocenters. The zero-order valence-electron chi connectivity index (χ0n) is 16.7. The van der Waals surface area contributed by atoms with Crippen molar-refractivity contribution in [2.75, 3.05) is 0 Å². The van der Waals surface area contributed by atoms with Gasteiger partial charge in [0.2, 0.25) is 5.43 Å². The standard InChI is InChI=1S/C21H24F3N3O2/c1-13(2)26(15-8-4-5-9-15)20(29)19-18(28)12-14(3)27(25-19)17-11-7-6-10-16(17)21(22,23)24/h6-7,10-13,15H,4-5,8-9H2,1-3H3. The third-order valence-electron chi connectivity index (χ3n) is 5.26. The normalized spacial score (nSPS) is 15.1. The van der Waals surface area contributed by atoms with Crippen LogP contribution in [0.4, 0.5) is 13.2 Å². The van der Waals surface area contributed by atoms with Gasteiger partial charge in [-0.15, -0.1) is 0 Å². The molecule has 8 heteroatoms. The number of para-hydroxylation sites is 1. The van der Waals surface area contributed by atoms with Gasteiger partial charge in [-0.05, 0) is 45.7 Å². The number of carbonyl (C=O) groups is 1. The van der Waals surface area contributed by atoms with Crippen LogP contribution >= 0.6 is 0 Å². The zero-order chi connectivity index (χ0) is 21.3. The highest BCUT2D eigenvalue weighted by Gasteiger charge is 2.35. The fourth-order valence-corrected chi connectivity index (χ4v) is 3.96. The second kappa shape index (κ2) is 8.00. The van der Waals surface area contributed by atoms with Crippen molar-refractivity contribution >= 4 is 5.91 Å². The van der Waals surface area contributed by atoms with Crippen LogP contribution in [0.2, 0.25) is 0 Å². The fraction of sp³-hybridized carbons (Fsp3) is 0.476. The molecule has 1 fully saturated rings. The molecule has 3 rings (SSSR count). The number of carbonyl (C=O) groups excluding carboxylic acids is 1. The van der Waals surface area contributed by atoms with Gasteiger partial charge in [-0.25, -0.2) is 4.68 Å². The minimum absolute atomic E-state index is 0.0147. The van der Waals surface area contributed by atoms with Gasteiger partial charge in [-0.3, -0.25) is 9.59 Å². The first-order valence-electron chi connectivity index (χ1n) is 9.71. The first kappa shape index (κ1) is 21.1. The average molecular weight is 407 g/mol. The molecule has 0 bridgehead atoms. The van der Waals surface area contributed by atoms with E-state index < -0.39 is 23.1 Å². The first-order chi connectivity index (χ1) is 13.6. The maximum atomic E-state index is 13.5. The number of aromatic nitrogens is 2. The average Bonchev–Trinajstić information content (AvgIpc) is 3.15. The molecule has 1 saturated carbocycles. The van der Waals surface area contributed by atoms with Crippen molar-refractivity contribution in [2.24, 2.45) is 0 Å². The molecular weight excluding hydrogens is 383 g/mol. The molecule has 1 aliphatic rings. The predicted molar refractivity (Wildman–Crippen MR) is 103 cm³/mol.